The number of rotatable bonds is 7. The zero-order valence-electron chi connectivity index (χ0n) is 22.6. The zero-order chi connectivity index (χ0) is 27.6. The van der Waals surface area contributed by atoms with E-state index in [2.05, 4.69) is 45.2 Å². The number of carbonyl (C=O) groups excluding carboxylic acids is 1. The molecule has 6 rings (SSSR count). The number of aromatic amines is 2. The predicted octanol–water partition coefficient (Wildman–Crippen LogP) is 4.63. The predicted molar refractivity (Wildman–Crippen MR) is 155 cm³/mol. The second-order valence-electron chi connectivity index (χ2n) is 10.5. The Morgan fingerprint density at radius 1 is 1.05 bits per heavy atom. The molecule has 1 amide bonds. The number of H-pyrrole nitrogens is 2. The van der Waals surface area contributed by atoms with Crippen LogP contribution in [0.15, 0.2) is 84.0 Å². The van der Waals surface area contributed by atoms with Crippen LogP contribution in [0.5, 0.6) is 0 Å². The van der Waals surface area contributed by atoms with Crippen LogP contribution < -0.4 is 10.9 Å². The van der Waals surface area contributed by atoms with Gasteiger partial charge in [0.05, 0.1) is 47.5 Å². The van der Waals surface area contributed by atoms with Crippen molar-refractivity contribution in [3.05, 3.63) is 106 Å². The molecule has 1 fully saturated rings. The lowest BCUT2D eigenvalue weighted by Crippen LogP contribution is -2.44. The van der Waals surface area contributed by atoms with Gasteiger partial charge in [-0.2, -0.15) is 5.10 Å². The SMILES string of the molecule is C[C@@H]1CN(Cc2cccc3[nH]c(-c4cc(NC(=O)c5cnn(Cc6ccccc6)c5)c[nH]c4=O)cc23)C[C@H](C)O1. The monoisotopic (exact) mass is 536 g/mol. The maximum Gasteiger partial charge on any atom is 0.258 e. The Kier molecular flexibility index (Phi) is 7.06. The Morgan fingerprint density at radius 2 is 1.85 bits per heavy atom. The van der Waals surface area contributed by atoms with E-state index in [1.807, 2.05) is 48.5 Å². The molecular weight excluding hydrogens is 504 g/mol. The number of nitrogens with one attached hydrogen (secondary N) is 3. The van der Waals surface area contributed by atoms with Gasteiger partial charge in [-0.05, 0) is 43.2 Å². The van der Waals surface area contributed by atoms with Gasteiger partial charge in [-0.25, -0.2) is 0 Å². The van der Waals surface area contributed by atoms with Crippen molar-refractivity contribution in [2.45, 2.75) is 39.1 Å². The maximum absolute atomic E-state index is 13.0. The molecule has 0 bridgehead atoms. The molecule has 1 aliphatic rings. The van der Waals surface area contributed by atoms with Gasteiger partial charge < -0.3 is 20.0 Å². The second-order valence-corrected chi connectivity index (χ2v) is 10.5. The van der Waals surface area contributed by atoms with Crippen molar-refractivity contribution in [2.75, 3.05) is 18.4 Å². The molecule has 4 heterocycles. The highest BCUT2D eigenvalue weighted by atomic mass is 16.5. The summed E-state index contributed by atoms with van der Waals surface area (Å²) in [5, 5.41) is 8.28. The largest absolute Gasteiger partial charge is 0.373 e. The first kappa shape index (κ1) is 25.8. The summed E-state index contributed by atoms with van der Waals surface area (Å²) in [5.74, 6) is -0.301. The lowest BCUT2D eigenvalue weighted by molar-refractivity contribution is -0.0703. The summed E-state index contributed by atoms with van der Waals surface area (Å²) >= 11 is 0. The molecule has 0 radical (unpaired) electrons. The molecule has 0 unspecified atom stereocenters. The summed E-state index contributed by atoms with van der Waals surface area (Å²) in [6.45, 7) is 7.34. The number of benzene rings is 2. The van der Waals surface area contributed by atoms with Crippen LogP contribution >= 0.6 is 0 Å². The topological polar surface area (TPSA) is 108 Å². The summed E-state index contributed by atoms with van der Waals surface area (Å²) in [7, 11) is 0. The Labute approximate surface area is 231 Å². The van der Waals surface area contributed by atoms with Crippen molar-refractivity contribution in [1.82, 2.24) is 24.6 Å². The van der Waals surface area contributed by atoms with E-state index in [9.17, 15) is 9.59 Å². The summed E-state index contributed by atoms with van der Waals surface area (Å²) in [5.41, 5.74) is 5.08. The summed E-state index contributed by atoms with van der Waals surface area (Å²) in [4.78, 5) is 34.4. The number of morpholine rings is 1. The molecule has 204 valence electrons. The van der Waals surface area contributed by atoms with Crippen molar-refractivity contribution in [3.8, 4) is 11.3 Å². The number of amides is 1. The van der Waals surface area contributed by atoms with Crippen LogP contribution in [0.4, 0.5) is 5.69 Å². The minimum Gasteiger partial charge on any atom is -0.373 e. The van der Waals surface area contributed by atoms with Crippen LogP contribution in [0.25, 0.3) is 22.2 Å². The molecule has 40 heavy (non-hydrogen) atoms. The quantitative estimate of drug-likeness (QED) is 0.281. The summed E-state index contributed by atoms with van der Waals surface area (Å²) in [6.07, 6.45) is 5.15. The van der Waals surface area contributed by atoms with E-state index in [-0.39, 0.29) is 23.7 Å². The zero-order valence-corrected chi connectivity index (χ0v) is 22.6. The smallest absolute Gasteiger partial charge is 0.258 e. The molecule has 5 aromatic rings. The molecular formula is C31H32N6O3. The molecule has 9 heteroatoms. The third kappa shape index (κ3) is 5.61. The minimum absolute atomic E-state index is 0.194. The highest BCUT2D eigenvalue weighted by molar-refractivity contribution is 6.04. The number of ether oxygens (including phenoxy) is 1. The lowest BCUT2D eigenvalue weighted by Gasteiger charge is -2.35. The number of hydrogen-bond acceptors (Lipinski definition) is 5. The highest BCUT2D eigenvalue weighted by Gasteiger charge is 2.23. The fourth-order valence-electron chi connectivity index (χ4n) is 5.45. The number of hydrogen-bond donors (Lipinski definition) is 3. The van der Waals surface area contributed by atoms with Gasteiger partial charge in [0.1, 0.15) is 0 Å². The molecule has 3 aromatic heterocycles. The van der Waals surface area contributed by atoms with E-state index in [0.29, 0.717) is 29.1 Å². The number of fused-ring (bicyclic) bond motifs is 1. The maximum atomic E-state index is 13.0. The molecule has 1 saturated heterocycles. The van der Waals surface area contributed by atoms with Crippen molar-refractivity contribution in [2.24, 2.45) is 0 Å². The van der Waals surface area contributed by atoms with Gasteiger partial charge in [0, 0.05) is 42.9 Å². The molecule has 9 nitrogen and oxygen atoms in total. The van der Waals surface area contributed by atoms with E-state index in [4.69, 9.17) is 4.74 Å². The van der Waals surface area contributed by atoms with Crippen LogP contribution in [0, 0.1) is 0 Å². The Balaban J connectivity index is 1.21. The third-order valence-corrected chi connectivity index (χ3v) is 7.18. The fraction of sp³-hybridized carbons (Fsp3) is 0.258. The number of carbonyl (C=O) groups is 1. The molecule has 2 aromatic carbocycles. The number of aromatic nitrogens is 4. The second kappa shape index (κ2) is 11.0. The molecule has 0 aliphatic carbocycles. The fourth-order valence-corrected chi connectivity index (χ4v) is 5.45. The minimum atomic E-state index is -0.301. The van der Waals surface area contributed by atoms with Gasteiger partial charge in [0.15, 0.2) is 0 Å². The van der Waals surface area contributed by atoms with Gasteiger partial charge in [-0.3, -0.25) is 19.2 Å². The first-order valence-corrected chi connectivity index (χ1v) is 13.5. The van der Waals surface area contributed by atoms with Gasteiger partial charge >= 0.3 is 0 Å². The van der Waals surface area contributed by atoms with Crippen LogP contribution in [-0.4, -0.2) is 55.9 Å². The number of pyridine rings is 1. The van der Waals surface area contributed by atoms with Crippen LogP contribution in [0.3, 0.4) is 0 Å². The van der Waals surface area contributed by atoms with Gasteiger partial charge in [-0.1, -0.05) is 42.5 Å². The first-order chi connectivity index (χ1) is 19.4. The average Bonchev–Trinajstić information content (AvgIpc) is 3.58. The Bertz CT molecular complexity index is 1690. The molecule has 1 aliphatic heterocycles. The van der Waals surface area contributed by atoms with Crippen molar-refractivity contribution in [3.63, 3.8) is 0 Å². The Hall–Kier alpha value is -4.47. The van der Waals surface area contributed by atoms with Gasteiger partial charge in [0.2, 0.25) is 0 Å². The van der Waals surface area contributed by atoms with Crippen LogP contribution in [0.1, 0.15) is 35.3 Å². The number of anilines is 1. The highest BCUT2D eigenvalue weighted by Crippen LogP contribution is 2.27. The van der Waals surface area contributed by atoms with E-state index < -0.39 is 0 Å². The van der Waals surface area contributed by atoms with Crippen molar-refractivity contribution < 1.29 is 9.53 Å². The standard InChI is InChI=1S/C31H32N6O3/c1-20-15-36(16-21(2)40-20)18-23-9-6-10-28-26(23)12-29(35-28)27-11-25(14-32-31(27)39)34-30(38)24-13-33-37(19-24)17-22-7-4-3-5-8-22/h3-14,19-21,35H,15-18H2,1-2H3,(H,32,39)(H,34,38)/t20-,21+. The van der Waals surface area contributed by atoms with Crippen molar-refractivity contribution >= 4 is 22.5 Å². The average molecular weight is 537 g/mol. The lowest BCUT2D eigenvalue weighted by atomic mass is 10.1. The van der Waals surface area contributed by atoms with Crippen LogP contribution in [0.2, 0.25) is 0 Å². The number of nitrogens with zero attached hydrogens (tertiary/aromatic N) is 3. The molecule has 0 spiro atoms. The Morgan fingerprint density at radius 3 is 2.65 bits per heavy atom. The van der Waals surface area contributed by atoms with Gasteiger partial charge in [-0.15, -0.1) is 0 Å². The van der Waals surface area contributed by atoms with E-state index in [1.165, 1.54) is 11.8 Å². The summed E-state index contributed by atoms with van der Waals surface area (Å²) in [6, 6.07) is 19.8. The molecule has 3 N–H and O–H groups in total. The van der Waals surface area contributed by atoms with E-state index in [1.54, 1.807) is 23.1 Å². The van der Waals surface area contributed by atoms with E-state index >= 15 is 0 Å². The molecule has 0 saturated carbocycles. The summed E-state index contributed by atoms with van der Waals surface area (Å²) < 4.78 is 7.61. The van der Waals surface area contributed by atoms with Crippen molar-refractivity contribution in [1.29, 1.82) is 0 Å². The first-order valence-electron chi connectivity index (χ1n) is 13.5. The normalized spacial score (nSPS) is 17.8. The van der Waals surface area contributed by atoms with Crippen LogP contribution in [-0.2, 0) is 17.8 Å². The molecule has 2 atom stereocenters. The van der Waals surface area contributed by atoms with E-state index in [0.717, 1.165) is 36.1 Å². The third-order valence-electron chi connectivity index (χ3n) is 7.18. The van der Waals surface area contributed by atoms with Gasteiger partial charge in [0.25, 0.3) is 11.5 Å².